The van der Waals surface area contributed by atoms with Gasteiger partial charge >= 0.3 is 0 Å². The molecule has 0 amide bonds. The smallest absolute Gasteiger partial charge is 0.134 e. The van der Waals surface area contributed by atoms with Gasteiger partial charge in [0.25, 0.3) is 0 Å². The quantitative estimate of drug-likeness (QED) is 0.829. The van der Waals surface area contributed by atoms with Gasteiger partial charge in [0, 0.05) is 29.1 Å². The van der Waals surface area contributed by atoms with Crippen molar-refractivity contribution >= 4 is 29.1 Å². The van der Waals surface area contributed by atoms with E-state index in [4.69, 9.17) is 10.2 Å². The maximum absolute atomic E-state index is 6.02. The van der Waals surface area contributed by atoms with Crippen LogP contribution in [0.5, 0.6) is 0 Å². The predicted molar refractivity (Wildman–Crippen MR) is 95.8 cm³/mol. The van der Waals surface area contributed by atoms with Gasteiger partial charge in [-0.25, -0.2) is 0 Å². The number of benzene rings is 1. The van der Waals surface area contributed by atoms with Crippen molar-refractivity contribution in [2.24, 2.45) is 0 Å². The van der Waals surface area contributed by atoms with E-state index in [9.17, 15) is 0 Å². The fourth-order valence-electron chi connectivity index (χ4n) is 3.64. The van der Waals surface area contributed by atoms with Gasteiger partial charge in [-0.05, 0) is 57.0 Å². The number of nitrogens with zero attached hydrogens (tertiary/aromatic N) is 1. The molecule has 0 saturated carbocycles. The van der Waals surface area contributed by atoms with Crippen LogP contribution in [0.4, 0.5) is 5.69 Å². The van der Waals surface area contributed by atoms with E-state index in [2.05, 4.69) is 24.8 Å². The van der Waals surface area contributed by atoms with E-state index in [1.165, 1.54) is 49.1 Å². The third-order valence-corrected chi connectivity index (χ3v) is 4.58. The van der Waals surface area contributed by atoms with Crippen LogP contribution in [0.2, 0.25) is 0 Å². The first-order chi connectivity index (χ1) is 10.2. The van der Waals surface area contributed by atoms with Crippen molar-refractivity contribution in [2.75, 3.05) is 18.8 Å². The molecule has 1 heterocycles. The minimum absolute atomic E-state index is 0. The number of nitrogens with two attached hydrogens (primary N) is 1. The van der Waals surface area contributed by atoms with Crippen molar-refractivity contribution in [1.29, 1.82) is 0 Å². The van der Waals surface area contributed by atoms with Crippen LogP contribution in [0.3, 0.4) is 0 Å². The molecule has 22 heavy (non-hydrogen) atoms. The first-order valence-electron chi connectivity index (χ1n) is 8.26. The molecule has 2 aromatic rings. The van der Waals surface area contributed by atoms with Gasteiger partial charge in [0.05, 0.1) is 0 Å². The second-order valence-corrected chi connectivity index (χ2v) is 6.19. The highest BCUT2D eigenvalue weighted by atomic mass is 35.5. The van der Waals surface area contributed by atoms with Gasteiger partial charge in [-0.15, -0.1) is 12.4 Å². The van der Waals surface area contributed by atoms with Crippen LogP contribution in [-0.2, 0) is 12.8 Å². The van der Waals surface area contributed by atoms with Crippen molar-refractivity contribution in [2.45, 2.75) is 52.0 Å². The molecule has 0 fully saturated rings. The molecule has 1 aliphatic carbocycles. The number of furan rings is 1. The van der Waals surface area contributed by atoms with Gasteiger partial charge in [0.15, 0.2) is 0 Å². The number of aryl methyl sites for hydroxylation is 1. The maximum Gasteiger partial charge on any atom is 0.134 e. The van der Waals surface area contributed by atoms with Crippen molar-refractivity contribution in [3.05, 3.63) is 29.5 Å². The van der Waals surface area contributed by atoms with Crippen LogP contribution in [0.1, 0.15) is 44.4 Å². The SMILES string of the molecule is CCCN(CCC)C1CCc2oc3ccc(N)cc3c2C1.Cl. The number of anilines is 1. The Morgan fingerprint density at radius 2 is 1.95 bits per heavy atom. The maximum atomic E-state index is 6.02. The number of rotatable bonds is 5. The average Bonchev–Trinajstić information content (AvgIpc) is 2.84. The van der Waals surface area contributed by atoms with Crippen molar-refractivity contribution < 1.29 is 4.42 Å². The molecule has 0 radical (unpaired) electrons. The largest absolute Gasteiger partial charge is 0.461 e. The van der Waals surface area contributed by atoms with Gasteiger partial charge < -0.3 is 15.1 Å². The molecule has 4 heteroatoms. The second-order valence-electron chi connectivity index (χ2n) is 6.19. The molecule has 1 unspecified atom stereocenters. The Labute approximate surface area is 139 Å². The molecule has 0 bridgehead atoms. The van der Waals surface area contributed by atoms with Crippen molar-refractivity contribution in [3.63, 3.8) is 0 Å². The predicted octanol–water partition coefficient (Wildman–Crippen LogP) is 4.42. The Bertz CT molecular complexity index is 617. The summed E-state index contributed by atoms with van der Waals surface area (Å²) < 4.78 is 6.02. The zero-order chi connectivity index (χ0) is 14.8. The van der Waals surface area contributed by atoms with Gasteiger partial charge in [-0.2, -0.15) is 0 Å². The fourth-order valence-corrected chi connectivity index (χ4v) is 3.64. The number of hydrogen-bond acceptors (Lipinski definition) is 3. The fraction of sp³-hybridized carbons (Fsp3) is 0.556. The lowest BCUT2D eigenvalue weighted by Crippen LogP contribution is -2.40. The Morgan fingerprint density at radius 1 is 1.23 bits per heavy atom. The summed E-state index contributed by atoms with van der Waals surface area (Å²) in [7, 11) is 0. The highest BCUT2D eigenvalue weighted by Crippen LogP contribution is 2.34. The molecular formula is C18H27ClN2O. The van der Waals surface area contributed by atoms with Gasteiger partial charge in [0.1, 0.15) is 11.3 Å². The van der Waals surface area contributed by atoms with E-state index < -0.39 is 0 Å². The Hall–Kier alpha value is -1.19. The normalized spacial score (nSPS) is 17.5. The van der Waals surface area contributed by atoms with E-state index in [-0.39, 0.29) is 12.4 Å². The van der Waals surface area contributed by atoms with E-state index in [1.54, 1.807) is 0 Å². The lowest BCUT2D eigenvalue weighted by molar-refractivity contribution is 0.177. The van der Waals surface area contributed by atoms with Crippen LogP contribution >= 0.6 is 12.4 Å². The molecule has 0 saturated heterocycles. The Balaban J connectivity index is 0.00000176. The summed E-state index contributed by atoms with van der Waals surface area (Å²) in [5, 5.41) is 1.22. The van der Waals surface area contributed by atoms with Gasteiger partial charge in [0.2, 0.25) is 0 Å². The lowest BCUT2D eigenvalue weighted by Gasteiger charge is -2.33. The summed E-state index contributed by atoms with van der Waals surface area (Å²) in [5.74, 6) is 1.18. The van der Waals surface area contributed by atoms with E-state index in [1.807, 2.05) is 12.1 Å². The van der Waals surface area contributed by atoms with Crippen LogP contribution in [0.25, 0.3) is 11.0 Å². The third-order valence-electron chi connectivity index (χ3n) is 4.58. The topological polar surface area (TPSA) is 42.4 Å². The molecule has 3 nitrogen and oxygen atoms in total. The summed E-state index contributed by atoms with van der Waals surface area (Å²) in [4.78, 5) is 2.66. The monoisotopic (exact) mass is 322 g/mol. The molecular weight excluding hydrogens is 296 g/mol. The number of nitrogen functional groups attached to an aromatic ring is 1. The van der Waals surface area contributed by atoms with Crippen molar-refractivity contribution in [3.8, 4) is 0 Å². The number of halogens is 1. The lowest BCUT2D eigenvalue weighted by atomic mass is 9.90. The molecule has 0 spiro atoms. The minimum atomic E-state index is 0. The standard InChI is InChI=1S/C18H26N2O.ClH/c1-3-9-20(10-4-2)14-6-8-18-16(12-14)15-11-13(19)5-7-17(15)21-18;/h5,7,11,14H,3-4,6,8-10,12,19H2,1-2H3;1H. The molecule has 1 atom stereocenters. The average molecular weight is 323 g/mol. The zero-order valence-electron chi connectivity index (χ0n) is 13.6. The molecule has 1 aliphatic rings. The first kappa shape index (κ1) is 17.2. The van der Waals surface area contributed by atoms with Crippen LogP contribution < -0.4 is 5.73 Å². The molecule has 3 rings (SSSR count). The zero-order valence-corrected chi connectivity index (χ0v) is 14.4. The summed E-state index contributed by atoms with van der Waals surface area (Å²) >= 11 is 0. The Kier molecular flexibility index (Phi) is 5.76. The van der Waals surface area contributed by atoms with Gasteiger partial charge in [-0.3, -0.25) is 0 Å². The summed E-state index contributed by atoms with van der Waals surface area (Å²) in [6, 6.07) is 6.66. The molecule has 2 N–H and O–H groups in total. The van der Waals surface area contributed by atoms with Crippen LogP contribution in [0.15, 0.2) is 22.6 Å². The molecule has 0 aliphatic heterocycles. The summed E-state index contributed by atoms with van der Waals surface area (Å²) in [6.07, 6.45) is 5.82. The van der Waals surface area contributed by atoms with Gasteiger partial charge in [-0.1, -0.05) is 13.8 Å². The third kappa shape index (κ3) is 3.26. The first-order valence-corrected chi connectivity index (χ1v) is 8.26. The highest BCUT2D eigenvalue weighted by molar-refractivity contribution is 5.86. The molecule has 122 valence electrons. The van der Waals surface area contributed by atoms with Crippen LogP contribution in [0, 0.1) is 0 Å². The minimum Gasteiger partial charge on any atom is -0.461 e. The highest BCUT2D eigenvalue weighted by Gasteiger charge is 2.27. The molecule has 1 aromatic carbocycles. The van der Waals surface area contributed by atoms with E-state index in [0.717, 1.165) is 24.1 Å². The van der Waals surface area contributed by atoms with Crippen molar-refractivity contribution in [1.82, 2.24) is 4.90 Å². The number of fused-ring (bicyclic) bond motifs is 3. The summed E-state index contributed by atoms with van der Waals surface area (Å²) in [5.41, 5.74) is 9.17. The Morgan fingerprint density at radius 3 is 2.64 bits per heavy atom. The van der Waals surface area contributed by atoms with E-state index in [0.29, 0.717) is 6.04 Å². The summed E-state index contributed by atoms with van der Waals surface area (Å²) in [6.45, 7) is 6.94. The second kappa shape index (κ2) is 7.38. The van der Waals surface area contributed by atoms with E-state index >= 15 is 0 Å². The van der Waals surface area contributed by atoms with Crippen LogP contribution in [-0.4, -0.2) is 24.0 Å². The molecule has 1 aromatic heterocycles. The number of hydrogen-bond donors (Lipinski definition) is 1.